The first-order chi connectivity index (χ1) is 11.4. The third-order valence-corrected chi connectivity index (χ3v) is 3.08. The standard InChI is InChI=1S/C16H20N4O4/c1-2-6-11(17)14(22)16(24)19-9-12(21)20-13(15(18)23)10-7-4-3-5-8-10/h3-5,7-8,11H,2,6,9,17H2,1H3,(H2,18,23)(H,19,24). The second-order valence-electron chi connectivity index (χ2n) is 5.03. The van der Waals surface area contributed by atoms with Crippen LogP contribution in [0.1, 0.15) is 25.3 Å². The van der Waals surface area contributed by atoms with E-state index in [1.165, 1.54) is 0 Å². The van der Waals surface area contributed by atoms with E-state index in [2.05, 4.69) is 10.3 Å². The van der Waals surface area contributed by atoms with Gasteiger partial charge in [-0.1, -0.05) is 43.7 Å². The van der Waals surface area contributed by atoms with Gasteiger partial charge in [-0.2, -0.15) is 0 Å². The van der Waals surface area contributed by atoms with Crippen molar-refractivity contribution in [3.05, 3.63) is 35.9 Å². The molecule has 0 aromatic heterocycles. The smallest absolute Gasteiger partial charge is 0.289 e. The number of amides is 3. The molecular weight excluding hydrogens is 312 g/mol. The maximum Gasteiger partial charge on any atom is 0.289 e. The Bertz CT molecular complexity index is 655. The van der Waals surface area contributed by atoms with Crippen LogP contribution in [0.4, 0.5) is 0 Å². The zero-order valence-electron chi connectivity index (χ0n) is 13.3. The molecule has 1 aromatic rings. The van der Waals surface area contributed by atoms with E-state index in [1.54, 1.807) is 30.3 Å². The number of Topliss-reactive ketones (excluding diaryl/α,β-unsaturated/α-hetero) is 1. The minimum absolute atomic E-state index is 0.219. The highest BCUT2D eigenvalue weighted by molar-refractivity contribution is 6.46. The molecule has 8 nitrogen and oxygen atoms in total. The molecule has 3 amide bonds. The van der Waals surface area contributed by atoms with Gasteiger partial charge in [0, 0.05) is 5.56 Å². The van der Waals surface area contributed by atoms with Gasteiger partial charge in [0.05, 0.1) is 12.6 Å². The molecule has 1 unspecified atom stereocenters. The van der Waals surface area contributed by atoms with Crippen LogP contribution in [0.5, 0.6) is 0 Å². The molecule has 0 saturated heterocycles. The van der Waals surface area contributed by atoms with Crippen LogP contribution in [0.15, 0.2) is 35.3 Å². The number of primary amides is 1. The number of hydrogen-bond acceptors (Lipinski definition) is 5. The topological polar surface area (TPSA) is 145 Å². The maximum absolute atomic E-state index is 11.8. The highest BCUT2D eigenvalue weighted by Gasteiger charge is 2.21. The van der Waals surface area contributed by atoms with E-state index in [-0.39, 0.29) is 5.71 Å². The number of carbonyl (C=O) groups excluding carboxylic acids is 4. The monoisotopic (exact) mass is 332 g/mol. The Morgan fingerprint density at radius 2 is 1.79 bits per heavy atom. The van der Waals surface area contributed by atoms with Gasteiger partial charge in [0.1, 0.15) is 5.71 Å². The highest BCUT2D eigenvalue weighted by atomic mass is 16.2. The molecule has 1 rings (SSSR count). The predicted molar refractivity (Wildman–Crippen MR) is 88.1 cm³/mol. The van der Waals surface area contributed by atoms with E-state index in [0.717, 1.165) is 0 Å². The summed E-state index contributed by atoms with van der Waals surface area (Å²) in [6.07, 6.45) is 1.03. The van der Waals surface area contributed by atoms with Crippen LogP contribution in [-0.4, -0.2) is 41.8 Å². The normalized spacial score (nSPS) is 12.3. The third-order valence-electron chi connectivity index (χ3n) is 3.08. The highest BCUT2D eigenvalue weighted by Crippen LogP contribution is 2.01. The maximum atomic E-state index is 11.8. The molecule has 1 aromatic carbocycles. The van der Waals surface area contributed by atoms with Crippen molar-refractivity contribution < 1.29 is 19.2 Å². The van der Waals surface area contributed by atoms with E-state index >= 15 is 0 Å². The minimum Gasteiger partial charge on any atom is -0.364 e. The fraction of sp³-hybridized carbons (Fsp3) is 0.312. The van der Waals surface area contributed by atoms with Crippen LogP contribution in [0, 0.1) is 0 Å². The Morgan fingerprint density at radius 3 is 2.33 bits per heavy atom. The summed E-state index contributed by atoms with van der Waals surface area (Å²) >= 11 is 0. The largest absolute Gasteiger partial charge is 0.364 e. The second-order valence-corrected chi connectivity index (χ2v) is 5.03. The lowest BCUT2D eigenvalue weighted by Gasteiger charge is -2.08. The fourth-order valence-corrected chi connectivity index (χ4v) is 1.88. The Labute approximate surface area is 139 Å². The lowest BCUT2D eigenvalue weighted by Crippen LogP contribution is -2.43. The van der Waals surface area contributed by atoms with Crippen molar-refractivity contribution >= 4 is 29.2 Å². The number of nitrogens with zero attached hydrogens (tertiary/aromatic N) is 1. The van der Waals surface area contributed by atoms with E-state index in [1.807, 2.05) is 6.92 Å². The summed E-state index contributed by atoms with van der Waals surface area (Å²) in [6, 6.07) is 7.29. The van der Waals surface area contributed by atoms with Gasteiger partial charge in [0.15, 0.2) is 0 Å². The van der Waals surface area contributed by atoms with Crippen LogP contribution in [0.3, 0.4) is 0 Å². The van der Waals surface area contributed by atoms with Crippen molar-refractivity contribution in [3.63, 3.8) is 0 Å². The van der Waals surface area contributed by atoms with Gasteiger partial charge in [-0.15, -0.1) is 0 Å². The molecule has 1 atom stereocenters. The molecule has 0 aliphatic carbocycles. The Balaban J connectivity index is 2.71. The molecule has 8 heteroatoms. The van der Waals surface area contributed by atoms with Gasteiger partial charge in [-0.25, -0.2) is 4.99 Å². The molecule has 24 heavy (non-hydrogen) atoms. The lowest BCUT2D eigenvalue weighted by atomic mass is 10.1. The summed E-state index contributed by atoms with van der Waals surface area (Å²) in [7, 11) is 0. The molecule has 0 bridgehead atoms. The van der Waals surface area contributed by atoms with E-state index < -0.39 is 36.1 Å². The summed E-state index contributed by atoms with van der Waals surface area (Å²) in [5.74, 6) is -3.44. The molecule has 0 aliphatic rings. The van der Waals surface area contributed by atoms with E-state index in [0.29, 0.717) is 18.4 Å². The Kier molecular flexibility index (Phi) is 7.44. The first-order valence-corrected chi connectivity index (χ1v) is 7.41. The van der Waals surface area contributed by atoms with Crippen molar-refractivity contribution in [2.75, 3.05) is 6.54 Å². The Hall–Kier alpha value is -2.87. The summed E-state index contributed by atoms with van der Waals surface area (Å²) in [4.78, 5) is 50.1. The van der Waals surface area contributed by atoms with Crippen molar-refractivity contribution in [1.82, 2.24) is 5.32 Å². The van der Waals surface area contributed by atoms with Gasteiger partial charge in [-0.05, 0) is 6.42 Å². The second kappa shape index (κ2) is 9.31. The third kappa shape index (κ3) is 5.73. The number of nitrogens with two attached hydrogens (primary N) is 2. The van der Waals surface area contributed by atoms with E-state index in [9.17, 15) is 19.2 Å². The van der Waals surface area contributed by atoms with Gasteiger partial charge in [0.25, 0.3) is 17.7 Å². The molecule has 0 radical (unpaired) electrons. The number of rotatable bonds is 8. The van der Waals surface area contributed by atoms with Crippen LogP contribution in [0.2, 0.25) is 0 Å². The van der Waals surface area contributed by atoms with Crippen LogP contribution >= 0.6 is 0 Å². The summed E-state index contributed by atoms with van der Waals surface area (Å²) < 4.78 is 0. The van der Waals surface area contributed by atoms with Crippen molar-refractivity contribution in [3.8, 4) is 0 Å². The van der Waals surface area contributed by atoms with Gasteiger partial charge in [0.2, 0.25) is 5.78 Å². The average molecular weight is 332 g/mol. The predicted octanol–water partition coefficient (Wildman–Crippen LogP) is -0.700. The molecule has 0 aliphatic heterocycles. The summed E-state index contributed by atoms with van der Waals surface area (Å²) in [5, 5.41) is 2.14. The summed E-state index contributed by atoms with van der Waals surface area (Å²) in [6.45, 7) is 1.30. The average Bonchev–Trinajstić information content (AvgIpc) is 2.57. The quantitative estimate of drug-likeness (QED) is 0.426. The van der Waals surface area contributed by atoms with Crippen LogP contribution < -0.4 is 16.8 Å². The zero-order chi connectivity index (χ0) is 18.1. The first-order valence-electron chi connectivity index (χ1n) is 7.41. The fourth-order valence-electron chi connectivity index (χ4n) is 1.88. The molecule has 5 N–H and O–H groups in total. The minimum atomic E-state index is -0.958. The number of ketones is 1. The molecule has 0 saturated carbocycles. The van der Waals surface area contributed by atoms with Gasteiger partial charge < -0.3 is 16.8 Å². The lowest BCUT2D eigenvalue weighted by molar-refractivity contribution is -0.139. The number of hydrogen-bond donors (Lipinski definition) is 3. The molecule has 0 heterocycles. The molecule has 128 valence electrons. The van der Waals surface area contributed by atoms with Crippen molar-refractivity contribution in [2.45, 2.75) is 25.8 Å². The molecular formula is C16H20N4O4. The molecule has 0 fully saturated rings. The van der Waals surface area contributed by atoms with Crippen LogP contribution in [0.25, 0.3) is 0 Å². The number of carbonyl (C=O) groups is 4. The SMILES string of the molecule is CCCC(N)C(=O)C(=O)NCC(=O)N=C(C(N)=O)c1ccccc1. The molecule has 0 spiro atoms. The van der Waals surface area contributed by atoms with Gasteiger partial charge >= 0.3 is 0 Å². The Morgan fingerprint density at radius 1 is 1.17 bits per heavy atom. The van der Waals surface area contributed by atoms with Crippen molar-refractivity contribution in [1.29, 1.82) is 0 Å². The van der Waals surface area contributed by atoms with E-state index in [4.69, 9.17) is 11.5 Å². The number of benzene rings is 1. The summed E-state index contributed by atoms with van der Waals surface area (Å²) in [5.41, 5.74) is 10.9. The van der Waals surface area contributed by atoms with Crippen LogP contribution in [-0.2, 0) is 19.2 Å². The van der Waals surface area contributed by atoms with Gasteiger partial charge in [-0.3, -0.25) is 19.2 Å². The van der Waals surface area contributed by atoms with Crippen molar-refractivity contribution in [2.24, 2.45) is 16.5 Å². The number of nitrogens with one attached hydrogen (secondary N) is 1. The number of aliphatic imine (C=N–C) groups is 1. The first kappa shape index (κ1) is 19.2. The zero-order valence-corrected chi connectivity index (χ0v) is 13.3.